The summed E-state index contributed by atoms with van der Waals surface area (Å²) in [5.74, 6) is -1.58. The molecule has 0 bridgehead atoms. The van der Waals surface area contributed by atoms with Crippen LogP contribution < -0.4 is 10.2 Å². The Morgan fingerprint density at radius 2 is 1.70 bits per heavy atom. The van der Waals surface area contributed by atoms with E-state index in [9.17, 15) is 24.5 Å². The highest BCUT2D eigenvalue weighted by Crippen LogP contribution is 2.27. The molecule has 4 amide bonds. The van der Waals surface area contributed by atoms with Gasteiger partial charge in [0.2, 0.25) is 0 Å². The molecule has 1 saturated heterocycles. The van der Waals surface area contributed by atoms with Crippen LogP contribution in [0.2, 0.25) is 5.02 Å². The van der Waals surface area contributed by atoms with Crippen molar-refractivity contribution < 1.29 is 19.3 Å². The first-order valence-corrected chi connectivity index (χ1v) is 10.2. The molecule has 1 aliphatic rings. The van der Waals surface area contributed by atoms with Crippen LogP contribution in [0, 0.1) is 24.0 Å². The number of non-ortho nitro benzene ring substituents is 1. The van der Waals surface area contributed by atoms with E-state index in [1.807, 2.05) is 0 Å². The number of halogens is 1. The highest BCUT2D eigenvalue weighted by atomic mass is 35.5. The molecule has 10 heteroatoms. The van der Waals surface area contributed by atoms with Crippen LogP contribution in [0.1, 0.15) is 17.0 Å². The first-order chi connectivity index (χ1) is 15.7. The number of aryl methyl sites for hydroxylation is 1. The molecule has 1 aliphatic heterocycles. The molecule has 1 N–H and O–H groups in total. The van der Waals surface area contributed by atoms with Crippen LogP contribution in [-0.2, 0) is 9.59 Å². The van der Waals surface area contributed by atoms with Gasteiger partial charge in [0.05, 0.1) is 16.3 Å². The summed E-state index contributed by atoms with van der Waals surface area (Å²) in [5.41, 5.74) is 2.53. The van der Waals surface area contributed by atoms with Crippen LogP contribution in [0.5, 0.6) is 0 Å². The minimum Gasteiger partial charge on any atom is -0.318 e. The van der Waals surface area contributed by atoms with Gasteiger partial charge in [0.1, 0.15) is 5.57 Å². The SMILES string of the molecule is Cc1cc(C=C2C(=O)NC(=O)N(c3ccc(Cl)cc3)C2=O)c(C)n1-c1cccc([N+](=O)[O-])c1. The van der Waals surface area contributed by atoms with E-state index in [1.54, 1.807) is 36.6 Å². The van der Waals surface area contributed by atoms with Gasteiger partial charge in [-0.15, -0.1) is 0 Å². The van der Waals surface area contributed by atoms with Gasteiger partial charge in [0, 0.05) is 28.5 Å². The number of carbonyl (C=O) groups excluding carboxylic acids is 3. The Morgan fingerprint density at radius 1 is 1.00 bits per heavy atom. The van der Waals surface area contributed by atoms with Crippen molar-refractivity contribution in [1.29, 1.82) is 0 Å². The van der Waals surface area contributed by atoms with Crippen LogP contribution in [0.15, 0.2) is 60.2 Å². The number of hydrogen-bond acceptors (Lipinski definition) is 5. The topological polar surface area (TPSA) is 115 Å². The summed E-state index contributed by atoms with van der Waals surface area (Å²) in [6.45, 7) is 3.58. The zero-order valence-corrected chi connectivity index (χ0v) is 18.3. The first kappa shape index (κ1) is 22.0. The molecule has 3 aromatic rings. The number of nitro benzene ring substituents is 1. The van der Waals surface area contributed by atoms with Gasteiger partial charge >= 0.3 is 6.03 Å². The average Bonchev–Trinajstić information content (AvgIpc) is 3.05. The summed E-state index contributed by atoms with van der Waals surface area (Å²) in [7, 11) is 0. The number of nitrogens with zero attached hydrogens (tertiary/aromatic N) is 3. The number of barbiturate groups is 1. The fraction of sp³-hybridized carbons (Fsp3) is 0.0870. The third-order valence-electron chi connectivity index (χ3n) is 5.26. The lowest BCUT2D eigenvalue weighted by molar-refractivity contribution is -0.384. The fourth-order valence-corrected chi connectivity index (χ4v) is 3.84. The van der Waals surface area contributed by atoms with Crippen molar-refractivity contribution in [1.82, 2.24) is 9.88 Å². The Labute approximate surface area is 193 Å². The molecule has 2 aromatic carbocycles. The zero-order chi connectivity index (χ0) is 23.9. The summed E-state index contributed by atoms with van der Waals surface area (Å²) in [4.78, 5) is 49.5. The van der Waals surface area contributed by atoms with Crippen LogP contribution in [0.4, 0.5) is 16.2 Å². The quantitative estimate of drug-likeness (QED) is 0.267. The second-order valence-electron chi connectivity index (χ2n) is 7.37. The van der Waals surface area contributed by atoms with Gasteiger partial charge in [-0.3, -0.25) is 25.0 Å². The van der Waals surface area contributed by atoms with Crippen LogP contribution in [0.3, 0.4) is 0 Å². The minimum atomic E-state index is -0.855. The van der Waals surface area contributed by atoms with Crippen molar-refractivity contribution in [3.8, 4) is 5.69 Å². The van der Waals surface area contributed by atoms with Gasteiger partial charge in [-0.05, 0) is 61.9 Å². The van der Waals surface area contributed by atoms with Crippen LogP contribution >= 0.6 is 11.6 Å². The van der Waals surface area contributed by atoms with E-state index in [2.05, 4.69) is 5.32 Å². The summed E-state index contributed by atoms with van der Waals surface area (Å²) < 4.78 is 1.78. The number of benzene rings is 2. The van der Waals surface area contributed by atoms with Gasteiger partial charge in [-0.2, -0.15) is 0 Å². The molecule has 33 heavy (non-hydrogen) atoms. The molecule has 0 saturated carbocycles. The van der Waals surface area contributed by atoms with Crippen LogP contribution in [0.25, 0.3) is 11.8 Å². The maximum Gasteiger partial charge on any atom is 0.335 e. The number of carbonyl (C=O) groups is 3. The van der Waals surface area contributed by atoms with Crippen molar-refractivity contribution >= 4 is 46.9 Å². The molecule has 0 aliphatic carbocycles. The normalized spacial score (nSPS) is 15.2. The summed E-state index contributed by atoms with van der Waals surface area (Å²) in [6, 6.07) is 13.1. The molecule has 0 radical (unpaired) electrons. The lowest BCUT2D eigenvalue weighted by Crippen LogP contribution is -2.54. The van der Waals surface area contributed by atoms with Gasteiger partial charge in [-0.1, -0.05) is 17.7 Å². The van der Waals surface area contributed by atoms with Crippen molar-refractivity contribution in [3.63, 3.8) is 0 Å². The Balaban J connectivity index is 1.76. The number of aromatic nitrogens is 1. The molecule has 0 atom stereocenters. The molecule has 2 heterocycles. The van der Waals surface area contributed by atoms with Crippen molar-refractivity contribution in [2.75, 3.05) is 4.90 Å². The Morgan fingerprint density at radius 3 is 2.36 bits per heavy atom. The third-order valence-corrected chi connectivity index (χ3v) is 5.51. The molecule has 0 unspecified atom stereocenters. The first-order valence-electron chi connectivity index (χ1n) is 9.78. The monoisotopic (exact) mass is 464 g/mol. The highest BCUT2D eigenvalue weighted by molar-refractivity contribution is 6.39. The maximum atomic E-state index is 13.1. The van der Waals surface area contributed by atoms with Gasteiger partial charge in [0.25, 0.3) is 17.5 Å². The Bertz CT molecular complexity index is 1360. The molecule has 0 spiro atoms. The fourth-order valence-electron chi connectivity index (χ4n) is 3.71. The number of rotatable bonds is 4. The second-order valence-corrected chi connectivity index (χ2v) is 7.81. The van der Waals surface area contributed by atoms with E-state index in [0.717, 1.165) is 10.6 Å². The second kappa shape index (κ2) is 8.36. The van der Waals surface area contributed by atoms with E-state index < -0.39 is 22.8 Å². The molecule has 1 fully saturated rings. The highest BCUT2D eigenvalue weighted by Gasteiger charge is 2.37. The lowest BCUT2D eigenvalue weighted by atomic mass is 10.1. The van der Waals surface area contributed by atoms with E-state index in [-0.39, 0.29) is 16.9 Å². The standard InChI is InChI=1S/C23H17ClN4O5/c1-13-10-15(14(2)26(13)18-4-3-5-19(12-18)28(32)33)11-20-21(29)25-23(31)27(22(20)30)17-8-6-16(24)7-9-17/h3-12H,1-2H3,(H,25,29,31). The molecular weight excluding hydrogens is 448 g/mol. The maximum absolute atomic E-state index is 13.1. The number of nitro groups is 1. The molecular formula is C23H17ClN4O5. The zero-order valence-electron chi connectivity index (χ0n) is 17.5. The van der Waals surface area contributed by atoms with Gasteiger partial charge in [-0.25, -0.2) is 9.69 Å². The van der Waals surface area contributed by atoms with Crippen molar-refractivity contribution in [3.05, 3.63) is 92.3 Å². The third kappa shape index (κ3) is 4.01. The van der Waals surface area contributed by atoms with Crippen molar-refractivity contribution in [2.24, 2.45) is 0 Å². The summed E-state index contributed by atoms with van der Waals surface area (Å²) >= 11 is 5.89. The predicted molar refractivity (Wildman–Crippen MR) is 122 cm³/mol. The Kier molecular flexibility index (Phi) is 5.57. The molecule has 166 valence electrons. The predicted octanol–water partition coefficient (Wildman–Crippen LogP) is 4.32. The Hall–Kier alpha value is -4.24. The van der Waals surface area contributed by atoms with E-state index in [4.69, 9.17) is 11.6 Å². The van der Waals surface area contributed by atoms with E-state index >= 15 is 0 Å². The molecule has 9 nitrogen and oxygen atoms in total. The number of imide groups is 2. The average molecular weight is 465 g/mol. The van der Waals surface area contributed by atoms with Crippen LogP contribution in [-0.4, -0.2) is 27.3 Å². The van der Waals surface area contributed by atoms with E-state index in [0.29, 0.717) is 22.0 Å². The minimum absolute atomic E-state index is 0.0566. The van der Waals surface area contributed by atoms with Crippen molar-refractivity contribution in [2.45, 2.75) is 13.8 Å². The number of anilines is 1. The summed E-state index contributed by atoms with van der Waals surface area (Å²) in [5, 5.41) is 13.8. The van der Waals surface area contributed by atoms with Gasteiger partial charge < -0.3 is 4.57 Å². The number of urea groups is 1. The number of nitrogens with one attached hydrogen (secondary N) is 1. The lowest BCUT2D eigenvalue weighted by Gasteiger charge is -2.26. The molecule has 1 aromatic heterocycles. The largest absolute Gasteiger partial charge is 0.335 e. The summed E-state index contributed by atoms with van der Waals surface area (Å²) in [6.07, 6.45) is 1.41. The number of hydrogen-bond donors (Lipinski definition) is 1. The molecule has 4 rings (SSSR count). The number of amides is 4. The smallest absolute Gasteiger partial charge is 0.318 e. The van der Waals surface area contributed by atoms with Gasteiger partial charge in [0.15, 0.2) is 0 Å². The van der Waals surface area contributed by atoms with E-state index in [1.165, 1.54) is 42.5 Å².